The summed E-state index contributed by atoms with van der Waals surface area (Å²) < 4.78 is 9.77. The van der Waals surface area contributed by atoms with Crippen LogP contribution in [-0.4, -0.2) is 58.8 Å². The lowest BCUT2D eigenvalue weighted by Gasteiger charge is -2.51. The first kappa shape index (κ1) is 18.7. The van der Waals surface area contributed by atoms with Crippen LogP contribution in [-0.2, 0) is 30.3 Å². The number of thioether (sulfide) groups is 1. The van der Waals surface area contributed by atoms with Crippen molar-refractivity contribution in [3.05, 3.63) is 35.9 Å². The number of nitrogens with zero attached hydrogens (tertiary/aromatic N) is 1. The van der Waals surface area contributed by atoms with Crippen LogP contribution in [0.5, 0.6) is 0 Å². The summed E-state index contributed by atoms with van der Waals surface area (Å²) in [7, 11) is 2.68. The highest BCUT2D eigenvalue weighted by Gasteiger charge is 2.73. The van der Waals surface area contributed by atoms with E-state index in [9.17, 15) is 14.4 Å². The summed E-state index contributed by atoms with van der Waals surface area (Å²) >= 11 is 1.42. The third-order valence-corrected chi connectivity index (χ3v) is 6.40. The van der Waals surface area contributed by atoms with Crippen LogP contribution >= 0.6 is 11.8 Å². The van der Waals surface area contributed by atoms with Crippen molar-refractivity contribution in [1.82, 2.24) is 10.2 Å². The maximum Gasteiger partial charge on any atom is 0.330 e. The van der Waals surface area contributed by atoms with Gasteiger partial charge in [0.2, 0.25) is 5.91 Å². The highest BCUT2D eigenvalue weighted by atomic mass is 32.2. The zero-order valence-corrected chi connectivity index (χ0v) is 16.0. The molecule has 0 bridgehead atoms. The van der Waals surface area contributed by atoms with Crippen LogP contribution in [0, 0.1) is 0 Å². The van der Waals surface area contributed by atoms with E-state index in [0.29, 0.717) is 0 Å². The molecule has 0 radical (unpaired) electrons. The first-order chi connectivity index (χ1) is 12.3. The Labute approximate surface area is 156 Å². The van der Waals surface area contributed by atoms with Gasteiger partial charge < -0.3 is 19.7 Å². The molecule has 26 heavy (non-hydrogen) atoms. The molecule has 2 heterocycles. The number of rotatable bonds is 5. The molecule has 0 saturated carbocycles. The number of carbonyl (C=O) groups is 3. The molecule has 1 aromatic carbocycles. The molecule has 0 spiro atoms. The first-order valence-corrected chi connectivity index (χ1v) is 9.13. The number of β-lactam (4-membered cyclic amide) rings is 1. The number of esters is 1. The molecule has 8 heteroatoms. The van der Waals surface area contributed by atoms with Crippen molar-refractivity contribution in [2.45, 2.75) is 42.2 Å². The van der Waals surface area contributed by atoms with Gasteiger partial charge >= 0.3 is 5.97 Å². The smallest absolute Gasteiger partial charge is 0.330 e. The van der Waals surface area contributed by atoms with Crippen molar-refractivity contribution in [2.24, 2.45) is 0 Å². The molecule has 140 valence electrons. The van der Waals surface area contributed by atoms with Crippen molar-refractivity contribution in [3.63, 3.8) is 0 Å². The van der Waals surface area contributed by atoms with Gasteiger partial charge in [-0.2, -0.15) is 0 Å². The molecule has 1 N–H and O–H groups in total. The Hall–Kier alpha value is -2.06. The van der Waals surface area contributed by atoms with Gasteiger partial charge in [-0.1, -0.05) is 30.3 Å². The molecular weight excluding hydrogens is 356 g/mol. The summed E-state index contributed by atoms with van der Waals surface area (Å²) in [4.78, 5) is 39.0. The van der Waals surface area contributed by atoms with E-state index in [2.05, 4.69) is 5.32 Å². The Morgan fingerprint density at radius 3 is 2.46 bits per heavy atom. The molecule has 2 aliphatic heterocycles. The number of amides is 2. The van der Waals surface area contributed by atoms with Crippen molar-refractivity contribution in [3.8, 4) is 0 Å². The van der Waals surface area contributed by atoms with Crippen LogP contribution in [0.1, 0.15) is 19.4 Å². The zero-order valence-electron chi connectivity index (χ0n) is 15.1. The van der Waals surface area contributed by atoms with Gasteiger partial charge in [0.15, 0.2) is 0 Å². The number of methoxy groups -OCH3 is 2. The fourth-order valence-corrected chi connectivity index (χ4v) is 5.18. The van der Waals surface area contributed by atoms with Gasteiger partial charge in [-0.15, -0.1) is 11.8 Å². The second-order valence-corrected chi connectivity index (χ2v) is 8.60. The number of hydrogen-bond donors (Lipinski definition) is 1. The van der Waals surface area contributed by atoms with E-state index in [-0.39, 0.29) is 12.3 Å². The van der Waals surface area contributed by atoms with E-state index >= 15 is 0 Å². The molecule has 1 unspecified atom stereocenters. The Bertz CT molecular complexity index is 738. The second-order valence-electron chi connectivity index (χ2n) is 6.86. The van der Waals surface area contributed by atoms with E-state index in [0.717, 1.165) is 5.56 Å². The summed E-state index contributed by atoms with van der Waals surface area (Å²) in [5.41, 5.74) is -0.622. The van der Waals surface area contributed by atoms with E-state index in [1.807, 2.05) is 44.2 Å². The van der Waals surface area contributed by atoms with Gasteiger partial charge in [0.1, 0.15) is 11.4 Å². The Morgan fingerprint density at radius 2 is 1.88 bits per heavy atom. The van der Waals surface area contributed by atoms with Gasteiger partial charge in [0.25, 0.3) is 11.6 Å². The fraction of sp³-hybridized carbons (Fsp3) is 0.500. The quantitative estimate of drug-likeness (QED) is 0.466. The third kappa shape index (κ3) is 2.77. The minimum atomic E-state index is -1.46. The van der Waals surface area contributed by atoms with Gasteiger partial charge in [0, 0.05) is 11.9 Å². The van der Waals surface area contributed by atoms with Gasteiger partial charge in [-0.3, -0.25) is 9.59 Å². The molecule has 7 nitrogen and oxygen atoms in total. The number of benzene rings is 1. The molecule has 0 aromatic heterocycles. The zero-order chi connectivity index (χ0) is 19.1. The molecule has 2 amide bonds. The number of hydrogen-bond acceptors (Lipinski definition) is 6. The molecule has 1 aromatic rings. The molecule has 3 atom stereocenters. The van der Waals surface area contributed by atoms with Crippen LogP contribution < -0.4 is 5.32 Å². The predicted molar refractivity (Wildman–Crippen MR) is 96.1 cm³/mol. The van der Waals surface area contributed by atoms with Gasteiger partial charge in [-0.25, -0.2) is 4.79 Å². The average molecular weight is 378 g/mol. The number of carbonyl (C=O) groups excluding carboxylic acids is 3. The largest absolute Gasteiger partial charge is 0.467 e. The number of ether oxygens (including phenoxy) is 2. The summed E-state index contributed by atoms with van der Waals surface area (Å²) in [5, 5.41) is 2.25. The molecule has 3 rings (SSSR count). The number of fused-ring (bicyclic) bond motifs is 1. The minimum absolute atomic E-state index is 0.139. The Kier molecular flexibility index (Phi) is 4.74. The van der Waals surface area contributed by atoms with Crippen molar-refractivity contribution >= 4 is 29.5 Å². The Balaban J connectivity index is 1.80. The van der Waals surface area contributed by atoms with E-state index in [4.69, 9.17) is 9.47 Å². The van der Waals surface area contributed by atoms with Crippen LogP contribution in [0.3, 0.4) is 0 Å². The maximum atomic E-state index is 12.9. The highest BCUT2D eigenvalue weighted by Crippen LogP contribution is 2.55. The SMILES string of the molecule is COC(=O)C1N2C(=O)[C@](NC(=O)Cc3ccccc3)(OC)[C@H]2SC1(C)C. The molecule has 2 saturated heterocycles. The van der Waals surface area contributed by atoms with Crippen molar-refractivity contribution in [1.29, 1.82) is 0 Å². The average Bonchev–Trinajstić information content (AvgIpc) is 2.88. The monoisotopic (exact) mass is 378 g/mol. The molecule has 2 fully saturated rings. The number of nitrogens with one attached hydrogen (secondary N) is 1. The fourth-order valence-electron chi connectivity index (χ4n) is 3.51. The standard InChI is InChI=1S/C18H22N2O5S/c1-17(2)13(14(22)24-3)20-15(23)18(25-4,16(20)26-17)19-12(21)10-11-8-6-5-7-9-11/h5-9,13,16H,10H2,1-4H3,(H,19,21)/t13?,16-,18+/m1/s1. The Morgan fingerprint density at radius 1 is 1.23 bits per heavy atom. The molecular formula is C18H22N2O5S. The molecule has 0 aliphatic carbocycles. The summed E-state index contributed by atoms with van der Waals surface area (Å²) in [6.45, 7) is 3.74. The first-order valence-electron chi connectivity index (χ1n) is 8.25. The van der Waals surface area contributed by atoms with Gasteiger partial charge in [0.05, 0.1) is 13.5 Å². The van der Waals surface area contributed by atoms with Crippen LogP contribution in [0.15, 0.2) is 30.3 Å². The highest BCUT2D eigenvalue weighted by molar-refractivity contribution is 8.01. The van der Waals surface area contributed by atoms with E-state index in [1.165, 1.54) is 30.9 Å². The second kappa shape index (κ2) is 6.59. The summed E-state index contributed by atoms with van der Waals surface area (Å²) in [5.74, 6) is -1.22. The van der Waals surface area contributed by atoms with Crippen LogP contribution in [0.25, 0.3) is 0 Å². The van der Waals surface area contributed by atoms with Crippen LogP contribution in [0.2, 0.25) is 0 Å². The topological polar surface area (TPSA) is 84.9 Å². The van der Waals surface area contributed by atoms with Gasteiger partial charge in [-0.05, 0) is 19.4 Å². The lowest BCUT2D eigenvalue weighted by Crippen LogP contribution is -2.80. The minimum Gasteiger partial charge on any atom is -0.467 e. The summed E-state index contributed by atoms with van der Waals surface area (Å²) in [6, 6.07) is 8.53. The lowest BCUT2D eigenvalue weighted by atomic mass is 9.93. The van der Waals surface area contributed by atoms with Crippen molar-refractivity contribution in [2.75, 3.05) is 14.2 Å². The predicted octanol–water partition coefficient (Wildman–Crippen LogP) is 0.923. The van der Waals surface area contributed by atoms with Crippen molar-refractivity contribution < 1.29 is 23.9 Å². The van der Waals surface area contributed by atoms with E-state index in [1.54, 1.807) is 0 Å². The van der Waals surface area contributed by atoms with E-state index < -0.39 is 33.8 Å². The lowest BCUT2D eigenvalue weighted by molar-refractivity contribution is -0.201. The maximum absolute atomic E-state index is 12.9. The summed E-state index contributed by atoms with van der Waals surface area (Å²) in [6.07, 6.45) is 0.139. The third-order valence-electron chi connectivity index (χ3n) is 4.78. The normalized spacial score (nSPS) is 28.9. The van der Waals surface area contributed by atoms with Crippen LogP contribution in [0.4, 0.5) is 0 Å². The molecule has 2 aliphatic rings.